The molecule has 0 aromatic rings. The SMILES string of the molecule is CC(F)CCCC([O-])=N[C@@H](CCC(=O)[O-])C(=O)O.[Na+].[Na+]. The third-order valence-electron chi connectivity index (χ3n) is 2.20. The van der Waals surface area contributed by atoms with E-state index in [9.17, 15) is 24.2 Å². The predicted octanol–water partition coefficient (Wildman–Crippen LogP) is -6.74. The molecule has 0 amide bonds. The van der Waals surface area contributed by atoms with E-state index in [4.69, 9.17) is 5.11 Å². The number of carboxylic acid groups (broad SMARTS) is 2. The number of nitrogens with zero attached hydrogens (tertiary/aromatic N) is 1. The zero-order chi connectivity index (χ0) is 14.1. The first-order chi connectivity index (χ1) is 8.32. The molecule has 104 valence electrons. The van der Waals surface area contributed by atoms with E-state index in [0.717, 1.165) is 0 Å². The maximum atomic E-state index is 12.4. The Balaban J connectivity index is -0.00000144. The zero-order valence-electron chi connectivity index (χ0n) is 12.1. The number of hydrogen-bond donors (Lipinski definition) is 1. The second kappa shape index (κ2) is 14.3. The Bertz CT molecular complexity index is 326. The molecule has 0 aliphatic heterocycles. The Morgan fingerprint density at radius 3 is 2.15 bits per heavy atom. The maximum absolute atomic E-state index is 12.4. The molecule has 0 saturated carbocycles. The van der Waals surface area contributed by atoms with Crippen LogP contribution >= 0.6 is 0 Å². The molecule has 0 fully saturated rings. The summed E-state index contributed by atoms with van der Waals surface area (Å²) in [5, 5.41) is 30.2. The van der Waals surface area contributed by atoms with Crippen molar-refractivity contribution in [2.24, 2.45) is 4.99 Å². The van der Waals surface area contributed by atoms with Crippen molar-refractivity contribution in [1.29, 1.82) is 0 Å². The minimum Gasteiger partial charge on any atom is -0.862 e. The Kier molecular flexibility index (Phi) is 18.1. The van der Waals surface area contributed by atoms with Crippen LogP contribution in [0.2, 0.25) is 0 Å². The van der Waals surface area contributed by atoms with Crippen LogP contribution in [0.25, 0.3) is 0 Å². The molecule has 1 N–H and O–H groups in total. The molecule has 20 heavy (non-hydrogen) atoms. The van der Waals surface area contributed by atoms with Gasteiger partial charge in [-0.05, 0) is 44.9 Å². The Morgan fingerprint density at radius 2 is 1.75 bits per heavy atom. The Morgan fingerprint density at radius 1 is 1.20 bits per heavy atom. The van der Waals surface area contributed by atoms with Gasteiger partial charge < -0.3 is 20.1 Å². The molecule has 0 bridgehead atoms. The molecule has 2 atom stereocenters. The summed E-state index contributed by atoms with van der Waals surface area (Å²) in [7, 11) is 0. The normalized spacial score (nSPS) is 13.6. The summed E-state index contributed by atoms with van der Waals surface area (Å²) in [5.41, 5.74) is 0. The third-order valence-corrected chi connectivity index (χ3v) is 2.20. The van der Waals surface area contributed by atoms with E-state index in [-0.39, 0.29) is 84.8 Å². The molecule has 0 heterocycles. The van der Waals surface area contributed by atoms with Gasteiger partial charge >= 0.3 is 65.1 Å². The van der Waals surface area contributed by atoms with Gasteiger partial charge in [0.05, 0.1) is 6.17 Å². The van der Waals surface area contributed by atoms with Gasteiger partial charge in [-0.25, -0.2) is 9.18 Å². The molecule has 0 saturated heterocycles. The Hall–Kier alpha value is 0.340. The van der Waals surface area contributed by atoms with Crippen molar-refractivity contribution in [3.63, 3.8) is 0 Å². The fourth-order valence-electron chi connectivity index (χ4n) is 1.27. The summed E-state index contributed by atoms with van der Waals surface area (Å²) >= 11 is 0. The van der Waals surface area contributed by atoms with Crippen molar-refractivity contribution in [3.05, 3.63) is 0 Å². The topological polar surface area (TPSA) is 113 Å². The van der Waals surface area contributed by atoms with Crippen LogP contribution in [-0.2, 0) is 9.59 Å². The molecule has 0 aromatic heterocycles. The number of aliphatic imine (C=N–C) groups is 1. The second-order valence-corrected chi connectivity index (χ2v) is 3.96. The van der Waals surface area contributed by atoms with E-state index in [1.165, 1.54) is 6.92 Å². The van der Waals surface area contributed by atoms with Crippen LogP contribution in [0, 0.1) is 0 Å². The molecule has 1 unspecified atom stereocenters. The molecule has 6 nitrogen and oxygen atoms in total. The first-order valence-corrected chi connectivity index (χ1v) is 5.63. The molecule has 9 heteroatoms. The van der Waals surface area contributed by atoms with Gasteiger partial charge in [0.2, 0.25) is 0 Å². The van der Waals surface area contributed by atoms with Gasteiger partial charge in [-0.2, -0.15) is 0 Å². The van der Waals surface area contributed by atoms with Crippen LogP contribution < -0.4 is 69.3 Å². The van der Waals surface area contributed by atoms with Crippen LogP contribution in [0.4, 0.5) is 4.39 Å². The number of hydrogen-bond acceptors (Lipinski definition) is 5. The van der Waals surface area contributed by atoms with Gasteiger partial charge in [-0.3, -0.25) is 4.99 Å². The maximum Gasteiger partial charge on any atom is 1.00 e. The van der Waals surface area contributed by atoms with Crippen LogP contribution in [-0.4, -0.2) is 35.2 Å². The summed E-state index contributed by atoms with van der Waals surface area (Å²) in [6, 6.07) is -1.38. The van der Waals surface area contributed by atoms with Crippen molar-refractivity contribution in [2.75, 3.05) is 0 Å². The summed E-state index contributed by atoms with van der Waals surface area (Å²) in [6.07, 6.45) is -1.34. The summed E-state index contributed by atoms with van der Waals surface area (Å²) in [4.78, 5) is 24.3. The summed E-state index contributed by atoms with van der Waals surface area (Å²) in [5.74, 6) is -3.40. The fraction of sp³-hybridized carbons (Fsp3) is 0.727. The van der Waals surface area contributed by atoms with E-state index < -0.39 is 36.5 Å². The average Bonchev–Trinajstić information content (AvgIpc) is 2.22. The minimum atomic E-state index is -1.39. The minimum absolute atomic E-state index is 0. The van der Waals surface area contributed by atoms with E-state index in [0.29, 0.717) is 0 Å². The molecule has 0 aliphatic rings. The van der Waals surface area contributed by atoms with Gasteiger partial charge in [0.15, 0.2) is 0 Å². The van der Waals surface area contributed by atoms with Gasteiger partial charge in [0.25, 0.3) is 0 Å². The van der Waals surface area contributed by atoms with E-state index in [1.807, 2.05) is 0 Å². The van der Waals surface area contributed by atoms with Crippen LogP contribution in [0.15, 0.2) is 4.99 Å². The van der Waals surface area contributed by atoms with Crippen molar-refractivity contribution < 1.29 is 88.4 Å². The number of rotatable bonds is 9. The van der Waals surface area contributed by atoms with Crippen LogP contribution in [0.1, 0.15) is 39.0 Å². The van der Waals surface area contributed by atoms with Crippen molar-refractivity contribution >= 4 is 17.8 Å². The van der Waals surface area contributed by atoms with Gasteiger partial charge in [0.1, 0.15) is 6.04 Å². The first kappa shape index (κ1) is 25.3. The van der Waals surface area contributed by atoms with Gasteiger partial charge in [0, 0.05) is 5.97 Å². The molecular formula is C11H16FNNa2O5. The Labute approximate surface area is 161 Å². The molecule has 0 aromatic carbocycles. The average molecular weight is 307 g/mol. The molecular weight excluding hydrogens is 291 g/mol. The van der Waals surface area contributed by atoms with E-state index in [1.54, 1.807) is 0 Å². The molecule has 0 aliphatic carbocycles. The second-order valence-electron chi connectivity index (χ2n) is 3.96. The predicted molar refractivity (Wildman–Crippen MR) is 57.5 cm³/mol. The van der Waals surface area contributed by atoms with Crippen molar-refractivity contribution in [3.8, 4) is 0 Å². The smallest absolute Gasteiger partial charge is 0.862 e. The van der Waals surface area contributed by atoms with Crippen molar-refractivity contribution in [1.82, 2.24) is 0 Å². The number of carboxylic acids is 2. The number of halogens is 1. The number of alkyl halides is 1. The standard InChI is InChI=1S/C11H18FNO5.2Na/c1-7(12)3-2-4-9(14)13-8(11(17)18)5-6-10(15)16;;/h7-8H,2-6H2,1H3,(H,13,14)(H,15,16)(H,17,18);;/q;2*+1/p-2/t7?,8-;;/m0../s1. The molecule has 0 radical (unpaired) electrons. The number of aliphatic carboxylic acids is 2. The van der Waals surface area contributed by atoms with Gasteiger partial charge in [-0.15, -0.1) is 0 Å². The zero-order valence-corrected chi connectivity index (χ0v) is 16.1. The first-order valence-electron chi connectivity index (χ1n) is 5.63. The number of carbonyl (C=O) groups is 2. The van der Waals surface area contributed by atoms with E-state index in [2.05, 4.69) is 4.99 Å². The van der Waals surface area contributed by atoms with E-state index >= 15 is 0 Å². The fourth-order valence-corrected chi connectivity index (χ4v) is 1.27. The molecule has 0 rings (SSSR count). The van der Waals surface area contributed by atoms with Crippen LogP contribution in [0.3, 0.4) is 0 Å². The summed E-state index contributed by atoms with van der Waals surface area (Å²) in [6.45, 7) is 1.36. The molecule has 0 spiro atoms. The monoisotopic (exact) mass is 307 g/mol. The van der Waals surface area contributed by atoms with Gasteiger partial charge in [-0.1, -0.05) is 0 Å². The van der Waals surface area contributed by atoms with Crippen molar-refractivity contribution in [2.45, 2.75) is 51.2 Å². The number of carbonyl (C=O) groups excluding carboxylic acids is 1. The quantitative estimate of drug-likeness (QED) is 0.258. The third kappa shape index (κ3) is 14.7. The summed E-state index contributed by atoms with van der Waals surface area (Å²) < 4.78 is 12.4. The largest absolute Gasteiger partial charge is 1.00 e. The van der Waals surface area contributed by atoms with Crippen LogP contribution in [0.5, 0.6) is 0 Å².